The zero-order valence-corrected chi connectivity index (χ0v) is 12.8. The summed E-state index contributed by atoms with van der Waals surface area (Å²) >= 11 is 0. The van der Waals surface area contributed by atoms with Gasteiger partial charge in [-0.25, -0.2) is 4.39 Å². The van der Waals surface area contributed by atoms with Crippen LogP contribution in [0, 0.1) is 12.7 Å². The minimum Gasteiger partial charge on any atom is -0.310 e. The molecule has 0 amide bonds. The monoisotopic (exact) mass is 286 g/mol. The molecule has 0 saturated carbocycles. The summed E-state index contributed by atoms with van der Waals surface area (Å²) in [6.07, 6.45) is 6.61. The summed E-state index contributed by atoms with van der Waals surface area (Å²) in [5.41, 5.74) is 2.99. The van der Waals surface area contributed by atoms with E-state index in [-0.39, 0.29) is 11.9 Å². The molecule has 1 heterocycles. The SMILES string of the molecule is CCCNC(CCc1ccncc1)c1ccc(C)c(F)c1. The maximum atomic E-state index is 13.8. The van der Waals surface area contributed by atoms with Gasteiger partial charge in [-0.2, -0.15) is 0 Å². The molecule has 0 aliphatic heterocycles. The number of rotatable bonds is 7. The normalized spacial score (nSPS) is 12.3. The van der Waals surface area contributed by atoms with Crippen molar-refractivity contribution >= 4 is 0 Å². The van der Waals surface area contributed by atoms with E-state index in [4.69, 9.17) is 0 Å². The summed E-state index contributed by atoms with van der Waals surface area (Å²) in [6, 6.07) is 9.80. The second kappa shape index (κ2) is 7.89. The molecule has 0 aliphatic carbocycles. The van der Waals surface area contributed by atoms with Gasteiger partial charge in [0.15, 0.2) is 0 Å². The summed E-state index contributed by atoms with van der Waals surface area (Å²) < 4.78 is 13.8. The second-order valence-corrected chi connectivity index (χ2v) is 5.41. The quantitative estimate of drug-likeness (QED) is 0.825. The Labute approximate surface area is 126 Å². The third-order valence-corrected chi connectivity index (χ3v) is 3.71. The van der Waals surface area contributed by atoms with Gasteiger partial charge in [-0.05, 0) is 67.6 Å². The zero-order valence-electron chi connectivity index (χ0n) is 12.8. The van der Waals surface area contributed by atoms with Gasteiger partial charge in [0, 0.05) is 18.4 Å². The lowest BCUT2D eigenvalue weighted by atomic mass is 9.98. The highest BCUT2D eigenvalue weighted by atomic mass is 19.1. The van der Waals surface area contributed by atoms with Crippen molar-refractivity contribution < 1.29 is 4.39 Å². The maximum Gasteiger partial charge on any atom is 0.126 e. The van der Waals surface area contributed by atoms with Crippen LogP contribution in [0.5, 0.6) is 0 Å². The van der Waals surface area contributed by atoms with Gasteiger partial charge >= 0.3 is 0 Å². The van der Waals surface area contributed by atoms with Crippen molar-refractivity contribution in [3.8, 4) is 0 Å². The Balaban J connectivity index is 2.08. The first-order valence-corrected chi connectivity index (χ1v) is 7.59. The molecule has 2 nitrogen and oxygen atoms in total. The van der Waals surface area contributed by atoms with Crippen molar-refractivity contribution in [3.63, 3.8) is 0 Å². The van der Waals surface area contributed by atoms with E-state index in [1.807, 2.05) is 36.7 Å². The Morgan fingerprint density at radius 2 is 1.95 bits per heavy atom. The molecule has 2 aromatic rings. The summed E-state index contributed by atoms with van der Waals surface area (Å²) in [5, 5.41) is 3.52. The number of aryl methyl sites for hydroxylation is 2. The van der Waals surface area contributed by atoms with Crippen LogP contribution in [0.3, 0.4) is 0 Å². The third-order valence-electron chi connectivity index (χ3n) is 3.71. The first kappa shape index (κ1) is 15.6. The van der Waals surface area contributed by atoms with E-state index in [0.29, 0.717) is 5.56 Å². The van der Waals surface area contributed by atoms with Gasteiger partial charge in [0.1, 0.15) is 5.82 Å². The Kier molecular flexibility index (Phi) is 5.88. The minimum atomic E-state index is -0.125. The van der Waals surface area contributed by atoms with Crippen LogP contribution in [0.2, 0.25) is 0 Å². The second-order valence-electron chi connectivity index (χ2n) is 5.41. The average molecular weight is 286 g/mol. The van der Waals surface area contributed by atoms with Crippen LogP contribution in [0.15, 0.2) is 42.7 Å². The molecule has 0 radical (unpaired) electrons. The lowest BCUT2D eigenvalue weighted by Crippen LogP contribution is -2.23. The Morgan fingerprint density at radius 1 is 1.19 bits per heavy atom. The van der Waals surface area contributed by atoms with Crippen LogP contribution in [-0.2, 0) is 6.42 Å². The van der Waals surface area contributed by atoms with Gasteiger partial charge in [0.2, 0.25) is 0 Å². The van der Waals surface area contributed by atoms with Crippen LogP contribution < -0.4 is 5.32 Å². The molecular formula is C18H23FN2. The molecule has 1 atom stereocenters. The van der Waals surface area contributed by atoms with Crippen LogP contribution in [0.4, 0.5) is 4.39 Å². The van der Waals surface area contributed by atoms with E-state index >= 15 is 0 Å². The van der Waals surface area contributed by atoms with Gasteiger partial charge in [-0.15, -0.1) is 0 Å². The van der Waals surface area contributed by atoms with Gasteiger partial charge in [-0.3, -0.25) is 4.98 Å². The summed E-state index contributed by atoms with van der Waals surface area (Å²) in [6.45, 7) is 4.88. The van der Waals surface area contributed by atoms with Crippen molar-refractivity contribution in [2.75, 3.05) is 6.54 Å². The molecular weight excluding hydrogens is 263 g/mol. The number of pyridine rings is 1. The first-order chi connectivity index (χ1) is 10.2. The Bertz CT molecular complexity index is 554. The summed E-state index contributed by atoms with van der Waals surface area (Å²) in [5.74, 6) is -0.125. The molecule has 0 aliphatic rings. The predicted octanol–water partition coefficient (Wildman–Crippen LogP) is 4.20. The van der Waals surface area contributed by atoms with E-state index < -0.39 is 0 Å². The number of halogens is 1. The van der Waals surface area contributed by atoms with Crippen LogP contribution in [-0.4, -0.2) is 11.5 Å². The Hall–Kier alpha value is -1.74. The molecule has 3 heteroatoms. The molecule has 1 aromatic heterocycles. The highest BCUT2D eigenvalue weighted by Crippen LogP contribution is 2.21. The molecule has 0 spiro atoms. The third kappa shape index (κ3) is 4.64. The molecule has 1 N–H and O–H groups in total. The van der Waals surface area contributed by atoms with E-state index in [1.54, 1.807) is 13.0 Å². The number of aromatic nitrogens is 1. The van der Waals surface area contributed by atoms with E-state index in [2.05, 4.69) is 17.2 Å². The highest BCUT2D eigenvalue weighted by molar-refractivity contribution is 5.26. The Morgan fingerprint density at radius 3 is 2.62 bits per heavy atom. The number of nitrogens with one attached hydrogen (secondary N) is 1. The van der Waals surface area contributed by atoms with Gasteiger partial charge in [0.25, 0.3) is 0 Å². The highest BCUT2D eigenvalue weighted by Gasteiger charge is 2.12. The molecule has 1 unspecified atom stereocenters. The molecule has 1 aromatic carbocycles. The molecule has 0 fully saturated rings. The zero-order chi connectivity index (χ0) is 15.1. The summed E-state index contributed by atoms with van der Waals surface area (Å²) in [4.78, 5) is 4.04. The molecule has 0 saturated heterocycles. The first-order valence-electron chi connectivity index (χ1n) is 7.59. The van der Waals surface area contributed by atoms with Crippen molar-refractivity contribution in [1.82, 2.24) is 10.3 Å². The van der Waals surface area contributed by atoms with E-state index in [0.717, 1.165) is 31.4 Å². The topological polar surface area (TPSA) is 24.9 Å². The van der Waals surface area contributed by atoms with Gasteiger partial charge in [0.05, 0.1) is 0 Å². The van der Waals surface area contributed by atoms with Crippen LogP contribution >= 0.6 is 0 Å². The standard InChI is InChI=1S/C18H23FN2/c1-3-10-21-18(7-5-15-8-11-20-12-9-15)16-6-4-14(2)17(19)13-16/h4,6,8-9,11-13,18,21H,3,5,7,10H2,1-2H3. The smallest absolute Gasteiger partial charge is 0.126 e. The average Bonchev–Trinajstić information content (AvgIpc) is 2.51. The van der Waals surface area contributed by atoms with Crippen LogP contribution in [0.1, 0.15) is 42.5 Å². The fraction of sp³-hybridized carbons (Fsp3) is 0.389. The lowest BCUT2D eigenvalue weighted by Gasteiger charge is -2.19. The fourth-order valence-electron chi connectivity index (χ4n) is 2.39. The van der Waals surface area contributed by atoms with E-state index in [1.165, 1.54) is 5.56 Å². The van der Waals surface area contributed by atoms with Crippen molar-refractivity contribution in [2.24, 2.45) is 0 Å². The maximum absolute atomic E-state index is 13.8. The lowest BCUT2D eigenvalue weighted by molar-refractivity contribution is 0.495. The van der Waals surface area contributed by atoms with Crippen molar-refractivity contribution in [2.45, 2.75) is 39.2 Å². The fourth-order valence-corrected chi connectivity index (χ4v) is 2.39. The van der Waals surface area contributed by atoms with Gasteiger partial charge in [-0.1, -0.05) is 19.1 Å². The van der Waals surface area contributed by atoms with Crippen molar-refractivity contribution in [1.29, 1.82) is 0 Å². The number of hydrogen-bond acceptors (Lipinski definition) is 2. The minimum absolute atomic E-state index is 0.125. The van der Waals surface area contributed by atoms with Crippen molar-refractivity contribution in [3.05, 3.63) is 65.2 Å². The summed E-state index contributed by atoms with van der Waals surface area (Å²) in [7, 11) is 0. The van der Waals surface area contributed by atoms with Crippen LogP contribution in [0.25, 0.3) is 0 Å². The number of hydrogen-bond donors (Lipinski definition) is 1. The molecule has 2 rings (SSSR count). The number of nitrogens with zero attached hydrogens (tertiary/aromatic N) is 1. The van der Waals surface area contributed by atoms with E-state index in [9.17, 15) is 4.39 Å². The molecule has 0 bridgehead atoms. The predicted molar refractivity (Wildman–Crippen MR) is 84.7 cm³/mol. The largest absolute Gasteiger partial charge is 0.310 e. The molecule has 112 valence electrons. The molecule has 21 heavy (non-hydrogen) atoms. The number of benzene rings is 1. The van der Waals surface area contributed by atoms with Gasteiger partial charge < -0.3 is 5.32 Å².